The van der Waals surface area contributed by atoms with E-state index in [0.717, 1.165) is 14.7 Å². The molecule has 0 saturated heterocycles. The van der Waals surface area contributed by atoms with E-state index in [0.29, 0.717) is 0 Å². The van der Waals surface area contributed by atoms with E-state index in [1.165, 1.54) is 18.3 Å². The zero-order valence-electron chi connectivity index (χ0n) is 10.8. The van der Waals surface area contributed by atoms with Crippen LogP contribution in [0.25, 0.3) is 0 Å². The van der Waals surface area contributed by atoms with Crippen molar-refractivity contribution in [3.05, 3.63) is 62.7 Å². The van der Waals surface area contributed by atoms with Gasteiger partial charge < -0.3 is 10.2 Å². The Hall–Kier alpha value is -2.22. The third-order valence-corrected chi connectivity index (χ3v) is 3.55. The van der Waals surface area contributed by atoms with Gasteiger partial charge in [0.1, 0.15) is 5.75 Å². The van der Waals surface area contributed by atoms with Crippen LogP contribution in [0.15, 0.2) is 52.7 Å². The lowest BCUT2D eigenvalue weighted by Gasteiger charge is -1.97. The van der Waals surface area contributed by atoms with Crippen LogP contribution in [-0.2, 0) is 0 Å². The maximum atomic E-state index is 10.7. The van der Waals surface area contributed by atoms with Crippen molar-refractivity contribution in [2.75, 3.05) is 0 Å². The van der Waals surface area contributed by atoms with Gasteiger partial charge in [-0.05, 0) is 58.5 Å². The highest BCUT2D eigenvalue weighted by Crippen LogP contribution is 2.17. The summed E-state index contributed by atoms with van der Waals surface area (Å²) >= 11 is 2.10. The largest absolute Gasteiger partial charge is 0.508 e. The number of benzene rings is 2. The molecule has 0 aliphatic heterocycles. The van der Waals surface area contributed by atoms with Gasteiger partial charge in [0.15, 0.2) is 0 Å². The van der Waals surface area contributed by atoms with Crippen LogP contribution < -0.4 is 0 Å². The number of carbonyl (C=O) groups is 1. The minimum Gasteiger partial charge on any atom is -0.508 e. The van der Waals surface area contributed by atoms with Crippen molar-refractivity contribution in [3.8, 4) is 5.75 Å². The number of hydrogen-bond acceptors (Lipinski definition) is 4. The molecule has 5 nitrogen and oxygen atoms in total. The molecule has 0 unspecified atom stereocenters. The highest BCUT2D eigenvalue weighted by Gasteiger charge is 2.00. The molecule has 0 aliphatic rings. The quantitative estimate of drug-likeness (QED) is 0.475. The van der Waals surface area contributed by atoms with Crippen molar-refractivity contribution in [1.29, 1.82) is 0 Å². The molecule has 0 saturated carbocycles. The lowest BCUT2D eigenvalue weighted by Crippen LogP contribution is -1.95. The SMILES string of the molecule is O=C(O)c1ccc(/C=N/N=C/c2ccc(O)cc2I)cc1. The van der Waals surface area contributed by atoms with Gasteiger partial charge in [0.25, 0.3) is 0 Å². The molecule has 0 amide bonds. The summed E-state index contributed by atoms with van der Waals surface area (Å²) in [6.45, 7) is 0. The molecule has 2 rings (SSSR count). The summed E-state index contributed by atoms with van der Waals surface area (Å²) in [4.78, 5) is 10.7. The van der Waals surface area contributed by atoms with Gasteiger partial charge in [0, 0.05) is 9.13 Å². The molecule has 0 aliphatic carbocycles. The number of aromatic carboxylic acids is 1. The summed E-state index contributed by atoms with van der Waals surface area (Å²) in [7, 11) is 0. The summed E-state index contributed by atoms with van der Waals surface area (Å²) in [6, 6.07) is 11.3. The van der Waals surface area contributed by atoms with E-state index in [9.17, 15) is 9.90 Å². The second kappa shape index (κ2) is 6.98. The van der Waals surface area contributed by atoms with Gasteiger partial charge in [-0.25, -0.2) is 4.79 Å². The van der Waals surface area contributed by atoms with Gasteiger partial charge in [0.2, 0.25) is 0 Å². The predicted octanol–water partition coefficient (Wildman–Crippen LogP) is 3.15. The van der Waals surface area contributed by atoms with E-state index in [1.54, 1.807) is 36.5 Å². The first kappa shape index (κ1) is 15.2. The second-order valence-corrected chi connectivity index (χ2v) is 5.28. The minimum atomic E-state index is -0.960. The third-order valence-electron chi connectivity index (χ3n) is 2.61. The van der Waals surface area contributed by atoms with Crippen molar-refractivity contribution in [2.45, 2.75) is 0 Å². The van der Waals surface area contributed by atoms with Crippen LogP contribution >= 0.6 is 22.6 Å². The number of nitrogens with zero attached hydrogens (tertiary/aromatic N) is 2. The normalized spacial score (nSPS) is 11.3. The van der Waals surface area contributed by atoms with Gasteiger partial charge in [0.05, 0.1) is 18.0 Å². The van der Waals surface area contributed by atoms with Crippen LogP contribution in [0.5, 0.6) is 5.75 Å². The van der Waals surface area contributed by atoms with Crippen LogP contribution in [0.1, 0.15) is 21.5 Å². The Balaban J connectivity index is 2.04. The van der Waals surface area contributed by atoms with E-state index in [1.807, 2.05) is 0 Å². The molecular formula is C15H11IN2O3. The first-order valence-corrected chi connectivity index (χ1v) is 7.02. The van der Waals surface area contributed by atoms with Crippen molar-refractivity contribution < 1.29 is 15.0 Å². The summed E-state index contributed by atoms with van der Waals surface area (Å²) in [6.07, 6.45) is 3.12. The molecule has 2 N–H and O–H groups in total. The van der Waals surface area contributed by atoms with Crippen molar-refractivity contribution >= 4 is 41.0 Å². The van der Waals surface area contributed by atoms with Crippen molar-refractivity contribution in [2.24, 2.45) is 10.2 Å². The van der Waals surface area contributed by atoms with Crippen LogP contribution in [0.2, 0.25) is 0 Å². The van der Waals surface area contributed by atoms with Gasteiger partial charge in [-0.3, -0.25) is 0 Å². The fourth-order valence-corrected chi connectivity index (χ4v) is 2.17. The number of aromatic hydroxyl groups is 1. The standard InChI is InChI=1S/C15H11IN2O3/c16-14-7-13(19)6-5-12(14)9-18-17-8-10-1-3-11(4-2-10)15(20)21/h1-9,19H,(H,20,21)/b17-8+,18-9+. The fourth-order valence-electron chi connectivity index (χ4n) is 1.53. The highest BCUT2D eigenvalue weighted by atomic mass is 127. The maximum Gasteiger partial charge on any atom is 0.335 e. The first-order chi connectivity index (χ1) is 10.1. The van der Waals surface area contributed by atoms with E-state index in [-0.39, 0.29) is 11.3 Å². The van der Waals surface area contributed by atoms with E-state index >= 15 is 0 Å². The Bertz CT molecular complexity index is 709. The van der Waals surface area contributed by atoms with Crippen LogP contribution in [-0.4, -0.2) is 28.6 Å². The van der Waals surface area contributed by atoms with Gasteiger partial charge in [-0.1, -0.05) is 12.1 Å². The molecular weight excluding hydrogens is 383 g/mol. The molecule has 0 bridgehead atoms. The van der Waals surface area contributed by atoms with Crippen LogP contribution in [0.4, 0.5) is 0 Å². The molecule has 0 radical (unpaired) electrons. The lowest BCUT2D eigenvalue weighted by atomic mass is 10.1. The zero-order valence-corrected chi connectivity index (χ0v) is 12.9. The topological polar surface area (TPSA) is 82.2 Å². The van der Waals surface area contributed by atoms with Crippen molar-refractivity contribution in [1.82, 2.24) is 0 Å². The molecule has 21 heavy (non-hydrogen) atoms. The second-order valence-electron chi connectivity index (χ2n) is 4.12. The van der Waals surface area contributed by atoms with E-state index < -0.39 is 5.97 Å². The summed E-state index contributed by atoms with van der Waals surface area (Å²) in [5.41, 5.74) is 1.85. The number of carboxylic acid groups (broad SMARTS) is 1. The Morgan fingerprint density at radius 1 is 1.05 bits per heavy atom. The van der Waals surface area contributed by atoms with Crippen LogP contribution in [0.3, 0.4) is 0 Å². The number of hydrogen-bond donors (Lipinski definition) is 2. The molecule has 0 heterocycles. The maximum absolute atomic E-state index is 10.7. The lowest BCUT2D eigenvalue weighted by molar-refractivity contribution is 0.0697. The third kappa shape index (κ3) is 4.38. The van der Waals surface area contributed by atoms with E-state index in [2.05, 4.69) is 32.8 Å². The Morgan fingerprint density at radius 3 is 2.33 bits per heavy atom. The summed E-state index contributed by atoms with van der Waals surface area (Å²) < 4.78 is 0.873. The van der Waals surface area contributed by atoms with Crippen LogP contribution in [0, 0.1) is 3.57 Å². The summed E-state index contributed by atoms with van der Waals surface area (Å²) in [5.74, 6) is -0.753. The van der Waals surface area contributed by atoms with Gasteiger partial charge in [-0.2, -0.15) is 10.2 Å². The molecule has 2 aromatic carbocycles. The Labute approximate surface area is 134 Å². The fraction of sp³-hybridized carbons (Fsp3) is 0. The number of carboxylic acids is 1. The highest BCUT2D eigenvalue weighted by molar-refractivity contribution is 14.1. The van der Waals surface area contributed by atoms with Gasteiger partial charge in [-0.15, -0.1) is 0 Å². The predicted molar refractivity (Wildman–Crippen MR) is 89.4 cm³/mol. The molecule has 0 aromatic heterocycles. The molecule has 106 valence electrons. The average molecular weight is 394 g/mol. The van der Waals surface area contributed by atoms with E-state index in [4.69, 9.17) is 5.11 Å². The Morgan fingerprint density at radius 2 is 1.71 bits per heavy atom. The Kier molecular flexibility index (Phi) is 5.04. The first-order valence-electron chi connectivity index (χ1n) is 5.94. The number of phenols is 1. The average Bonchev–Trinajstić information content (AvgIpc) is 2.46. The smallest absolute Gasteiger partial charge is 0.335 e. The number of phenolic OH excluding ortho intramolecular Hbond substituents is 1. The number of rotatable bonds is 4. The molecule has 6 heteroatoms. The molecule has 0 spiro atoms. The van der Waals surface area contributed by atoms with Gasteiger partial charge >= 0.3 is 5.97 Å². The number of halogens is 1. The monoisotopic (exact) mass is 394 g/mol. The molecule has 0 fully saturated rings. The zero-order chi connectivity index (χ0) is 15.2. The molecule has 2 aromatic rings. The summed E-state index contributed by atoms with van der Waals surface area (Å²) in [5, 5.41) is 25.9. The van der Waals surface area contributed by atoms with Crippen molar-refractivity contribution in [3.63, 3.8) is 0 Å². The molecule has 0 atom stereocenters. The minimum absolute atomic E-state index is 0.207.